The fourth-order valence-electron chi connectivity index (χ4n) is 1.53. The number of nitrogen functional groups attached to an aromatic ring is 2. The third kappa shape index (κ3) is 2.69. The van der Waals surface area contributed by atoms with Crippen molar-refractivity contribution in [1.29, 1.82) is 0 Å². The van der Waals surface area contributed by atoms with Gasteiger partial charge in [0.05, 0.1) is 16.8 Å². The van der Waals surface area contributed by atoms with E-state index in [-0.39, 0.29) is 16.8 Å². The van der Waals surface area contributed by atoms with Gasteiger partial charge >= 0.3 is 5.97 Å². The maximum atomic E-state index is 12.0. The van der Waals surface area contributed by atoms with Gasteiger partial charge in [-0.15, -0.1) is 0 Å². The maximum Gasteiger partial charge on any atom is 0.335 e. The molecule has 1 heterocycles. The number of carbonyl (C=O) groups is 2. The molecule has 0 spiro atoms. The molecular weight excluding hydrogens is 280 g/mol. The quantitative estimate of drug-likeness (QED) is 0.635. The number of aryl methyl sites for hydroxylation is 1. The Morgan fingerprint density at radius 3 is 2.55 bits per heavy atom. The summed E-state index contributed by atoms with van der Waals surface area (Å²) in [7, 11) is 0. The highest BCUT2D eigenvalue weighted by Gasteiger charge is 2.14. The number of thiazole rings is 1. The minimum absolute atomic E-state index is 0.0217. The van der Waals surface area contributed by atoms with Gasteiger partial charge in [0.2, 0.25) is 0 Å². The van der Waals surface area contributed by atoms with E-state index in [2.05, 4.69) is 10.3 Å². The highest BCUT2D eigenvalue weighted by atomic mass is 32.1. The van der Waals surface area contributed by atoms with E-state index >= 15 is 0 Å². The van der Waals surface area contributed by atoms with Crippen LogP contribution >= 0.6 is 11.3 Å². The molecule has 7 nitrogen and oxygen atoms in total. The molecule has 0 aliphatic carbocycles. The maximum absolute atomic E-state index is 12.0. The van der Waals surface area contributed by atoms with Crippen LogP contribution in [0.15, 0.2) is 18.2 Å². The molecule has 2 rings (SSSR count). The highest BCUT2D eigenvalue weighted by Crippen LogP contribution is 2.25. The lowest BCUT2D eigenvalue weighted by Crippen LogP contribution is -2.14. The molecule has 0 aliphatic rings. The molecule has 0 radical (unpaired) electrons. The van der Waals surface area contributed by atoms with Crippen LogP contribution in [-0.4, -0.2) is 22.0 Å². The minimum atomic E-state index is -1.10. The largest absolute Gasteiger partial charge is 0.478 e. The number of carbonyl (C=O) groups excluding carboxylic acids is 1. The molecule has 20 heavy (non-hydrogen) atoms. The average Bonchev–Trinajstić information content (AvgIpc) is 2.67. The molecule has 0 saturated heterocycles. The summed E-state index contributed by atoms with van der Waals surface area (Å²) in [5.41, 5.74) is 12.3. The molecule has 0 saturated carbocycles. The second-order valence-corrected chi connectivity index (χ2v) is 5.06. The van der Waals surface area contributed by atoms with E-state index in [4.69, 9.17) is 16.6 Å². The van der Waals surface area contributed by atoms with Gasteiger partial charge in [-0.3, -0.25) is 10.1 Å². The Morgan fingerprint density at radius 1 is 1.35 bits per heavy atom. The number of carboxylic acids is 1. The monoisotopic (exact) mass is 292 g/mol. The van der Waals surface area contributed by atoms with Crippen molar-refractivity contribution in [2.75, 3.05) is 16.8 Å². The zero-order chi connectivity index (χ0) is 14.9. The first-order valence-electron chi connectivity index (χ1n) is 5.55. The Kier molecular flexibility index (Phi) is 3.57. The number of aromatic carboxylic acids is 1. The first kappa shape index (κ1) is 13.8. The minimum Gasteiger partial charge on any atom is -0.478 e. The normalized spacial score (nSPS) is 10.2. The fourth-order valence-corrected chi connectivity index (χ4v) is 2.26. The first-order valence-corrected chi connectivity index (χ1v) is 6.37. The van der Waals surface area contributed by atoms with Crippen LogP contribution in [0.2, 0.25) is 0 Å². The van der Waals surface area contributed by atoms with Crippen LogP contribution in [0.4, 0.5) is 15.8 Å². The van der Waals surface area contributed by atoms with Crippen LogP contribution in [0.25, 0.3) is 0 Å². The molecule has 8 heteroatoms. The van der Waals surface area contributed by atoms with Crippen molar-refractivity contribution in [2.24, 2.45) is 0 Å². The zero-order valence-corrected chi connectivity index (χ0v) is 11.3. The number of hydrogen-bond acceptors (Lipinski definition) is 6. The number of rotatable bonds is 3. The van der Waals surface area contributed by atoms with Gasteiger partial charge in [-0.05, 0) is 25.1 Å². The van der Waals surface area contributed by atoms with Crippen molar-refractivity contribution in [3.8, 4) is 0 Å². The van der Waals surface area contributed by atoms with Gasteiger partial charge in [-0.25, -0.2) is 9.78 Å². The molecule has 0 atom stereocenters. The van der Waals surface area contributed by atoms with Gasteiger partial charge in [0, 0.05) is 5.69 Å². The molecule has 104 valence electrons. The lowest BCUT2D eigenvalue weighted by atomic mass is 10.1. The molecule has 2 aromatic rings. The van der Waals surface area contributed by atoms with Gasteiger partial charge in [-0.1, -0.05) is 11.3 Å². The van der Waals surface area contributed by atoms with E-state index < -0.39 is 11.9 Å². The number of aromatic nitrogens is 1. The predicted octanol–water partition coefficient (Wildman–Crippen LogP) is 1.57. The molecule has 0 unspecified atom stereocenters. The number of amides is 1. The number of nitrogens with zero attached hydrogens (tertiary/aromatic N) is 1. The van der Waals surface area contributed by atoms with Crippen LogP contribution in [0.1, 0.15) is 26.4 Å². The second kappa shape index (κ2) is 5.17. The van der Waals surface area contributed by atoms with Crippen LogP contribution in [0, 0.1) is 6.92 Å². The summed E-state index contributed by atoms with van der Waals surface area (Å²) in [5.74, 6) is -1.57. The number of nitrogens with one attached hydrogen (secondary N) is 1. The highest BCUT2D eigenvalue weighted by molar-refractivity contribution is 7.19. The first-order chi connectivity index (χ1) is 9.38. The molecule has 1 amide bonds. The van der Waals surface area contributed by atoms with Crippen molar-refractivity contribution in [3.63, 3.8) is 0 Å². The molecule has 0 bridgehead atoms. The van der Waals surface area contributed by atoms with E-state index in [1.165, 1.54) is 18.2 Å². The molecular formula is C12H12N4O3S. The van der Waals surface area contributed by atoms with E-state index in [1.807, 2.05) is 0 Å². The summed E-state index contributed by atoms with van der Waals surface area (Å²) in [6.07, 6.45) is 0. The van der Waals surface area contributed by atoms with E-state index in [1.54, 1.807) is 6.92 Å². The molecule has 1 aromatic heterocycles. The Balaban J connectivity index is 2.23. The third-order valence-corrected chi connectivity index (χ3v) is 3.50. The lowest BCUT2D eigenvalue weighted by Gasteiger charge is -2.06. The van der Waals surface area contributed by atoms with Crippen molar-refractivity contribution < 1.29 is 14.7 Å². The van der Waals surface area contributed by atoms with Crippen LogP contribution < -0.4 is 16.8 Å². The van der Waals surface area contributed by atoms with E-state index in [0.29, 0.717) is 15.8 Å². The SMILES string of the molecule is Cc1nc(NC(=O)c2ccc(C(=O)O)cc2N)sc1N. The second-order valence-electron chi connectivity index (χ2n) is 4.03. The summed E-state index contributed by atoms with van der Waals surface area (Å²) in [4.78, 5) is 26.9. The lowest BCUT2D eigenvalue weighted by molar-refractivity contribution is 0.0696. The van der Waals surface area contributed by atoms with Crippen molar-refractivity contribution >= 4 is 39.0 Å². The van der Waals surface area contributed by atoms with Gasteiger partial charge in [0.15, 0.2) is 5.13 Å². The summed E-state index contributed by atoms with van der Waals surface area (Å²) in [5, 5.41) is 12.3. The number of anilines is 3. The van der Waals surface area contributed by atoms with Gasteiger partial charge in [0.25, 0.3) is 5.91 Å². The van der Waals surface area contributed by atoms with E-state index in [9.17, 15) is 9.59 Å². The zero-order valence-electron chi connectivity index (χ0n) is 10.5. The standard InChI is InChI=1S/C12H12N4O3S/c1-5-9(14)20-12(15-5)16-10(17)7-3-2-6(11(18)19)4-8(7)13/h2-4H,13-14H2,1H3,(H,18,19)(H,15,16,17). The molecule has 0 fully saturated rings. The Hall–Kier alpha value is -2.61. The molecule has 0 aliphatic heterocycles. The number of carboxylic acid groups (broad SMARTS) is 1. The summed E-state index contributed by atoms with van der Waals surface area (Å²) in [6, 6.07) is 3.91. The summed E-state index contributed by atoms with van der Waals surface area (Å²) < 4.78 is 0. The van der Waals surface area contributed by atoms with Crippen molar-refractivity contribution in [3.05, 3.63) is 35.0 Å². The number of hydrogen-bond donors (Lipinski definition) is 4. The van der Waals surface area contributed by atoms with Gasteiger partial charge in [-0.2, -0.15) is 0 Å². The predicted molar refractivity (Wildman–Crippen MR) is 77.0 cm³/mol. The summed E-state index contributed by atoms with van der Waals surface area (Å²) in [6.45, 7) is 1.73. The summed E-state index contributed by atoms with van der Waals surface area (Å²) >= 11 is 1.15. The number of benzene rings is 1. The fraction of sp³-hybridized carbons (Fsp3) is 0.0833. The van der Waals surface area contributed by atoms with Gasteiger partial charge in [0.1, 0.15) is 5.00 Å². The molecule has 6 N–H and O–H groups in total. The number of nitrogens with two attached hydrogens (primary N) is 2. The van der Waals surface area contributed by atoms with Crippen LogP contribution in [0.5, 0.6) is 0 Å². The Labute approximate surface area is 118 Å². The van der Waals surface area contributed by atoms with E-state index in [0.717, 1.165) is 11.3 Å². The van der Waals surface area contributed by atoms with Gasteiger partial charge < -0.3 is 16.6 Å². The third-order valence-electron chi connectivity index (χ3n) is 2.60. The van der Waals surface area contributed by atoms with Crippen LogP contribution in [-0.2, 0) is 0 Å². The molecule has 1 aromatic carbocycles. The smallest absolute Gasteiger partial charge is 0.335 e. The van der Waals surface area contributed by atoms with Crippen molar-refractivity contribution in [1.82, 2.24) is 4.98 Å². The van der Waals surface area contributed by atoms with Crippen molar-refractivity contribution in [2.45, 2.75) is 6.92 Å². The van der Waals surface area contributed by atoms with Crippen LogP contribution in [0.3, 0.4) is 0 Å². The Morgan fingerprint density at radius 2 is 2.05 bits per heavy atom. The Bertz CT molecular complexity index is 677. The topological polar surface area (TPSA) is 131 Å². The average molecular weight is 292 g/mol.